The van der Waals surface area contributed by atoms with Gasteiger partial charge in [-0.1, -0.05) is 11.8 Å². The van der Waals surface area contributed by atoms with Crippen LogP contribution in [-0.2, 0) is 4.79 Å². The van der Waals surface area contributed by atoms with E-state index in [2.05, 4.69) is 9.97 Å². The number of aromatic nitrogens is 2. The number of imidazole rings is 1. The molecule has 2 atom stereocenters. The fourth-order valence-electron chi connectivity index (χ4n) is 1.05. The summed E-state index contributed by atoms with van der Waals surface area (Å²) in [7, 11) is 0. The Balaban J connectivity index is 2.64. The predicted octanol–water partition coefficient (Wildman–Crippen LogP) is -0.00810. The van der Waals surface area contributed by atoms with Gasteiger partial charge in [0.2, 0.25) is 5.82 Å². The van der Waals surface area contributed by atoms with E-state index in [1.54, 1.807) is 0 Å². The summed E-state index contributed by atoms with van der Waals surface area (Å²) in [6, 6.07) is 0. The van der Waals surface area contributed by atoms with Gasteiger partial charge in [0.05, 0.1) is 6.10 Å². The number of nitrogens with zero attached hydrogens (tertiary/aromatic N) is 2. The van der Waals surface area contributed by atoms with Crippen LogP contribution in [0.25, 0.3) is 0 Å². The number of carbonyl (C=O) groups is 1. The molecule has 8 nitrogen and oxygen atoms in total. The van der Waals surface area contributed by atoms with Crippen LogP contribution in [0, 0.1) is 10.1 Å². The summed E-state index contributed by atoms with van der Waals surface area (Å²) in [6.45, 7) is 1.33. The molecule has 0 spiro atoms. The summed E-state index contributed by atoms with van der Waals surface area (Å²) in [4.78, 5) is 26.2. The van der Waals surface area contributed by atoms with Crippen molar-refractivity contribution in [2.24, 2.45) is 0 Å². The summed E-state index contributed by atoms with van der Waals surface area (Å²) in [5, 5.41) is 29.3. The molecule has 3 N–H and O–H groups in total. The van der Waals surface area contributed by atoms with Gasteiger partial charge in [-0.15, -0.1) is 0 Å². The molecule has 0 saturated carbocycles. The number of nitro groups is 1. The fourth-order valence-corrected chi connectivity index (χ4v) is 1.63. The minimum absolute atomic E-state index is 0.00893. The van der Waals surface area contributed by atoms with Gasteiger partial charge in [-0.3, -0.25) is 4.79 Å². The van der Waals surface area contributed by atoms with Gasteiger partial charge in [-0.2, -0.15) is 0 Å². The van der Waals surface area contributed by atoms with Crippen LogP contribution in [-0.4, -0.2) is 42.1 Å². The van der Waals surface area contributed by atoms with Crippen LogP contribution < -0.4 is 0 Å². The average molecular weight is 261 g/mol. The minimum Gasteiger partial charge on any atom is -0.389 e. The van der Waals surface area contributed by atoms with Gasteiger partial charge < -0.3 is 20.3 Å². The second-order valence-corrected chi connectivity index (χ2v) is 4.42. The average Bonchev–Trinajstić information content (AvgIpc) is 2.73. The Morgan fingerprint density at radius 2 is 2.35 bits per heavy atom. The Kier molecular flexibility index (Phi) is 4.61. The third-order valence-electron chi connectivity index (χ3n) is 1.88. The Hall–Kier alpha value is -1.45. The number of carbonyl (C=O) groups excluding carboxylic acids is 1. The van der Waals surface area contributed by atoms with Crippen molar-refractivity contribution in [3.05, 3.63) is 22.1 Å². The highest BCUT2D eigenvalue weighted by Crippen LogP contribution is 2.19. The molecule has 0 radical (unpaired) electrons. The summed E-state index contributed by atoms with van der Waals surface area (Å²) >= 11 is 0.851. The van der Waals surface area contributed by atoms with Crippen molar-refractivity contribution >= 4 is 22.7 Å². The van der Waals surface area contributed by atoms with Gasteiger partial charge in [-0.05, 0) is 4.92 Å². The third kappa shape index (κ3) is 3.80. The molecule has 0 aliphatic carbocycles. The zero-order valence-corrected chi connectivity index (χ0v) is 9.68. The highest BCUT2D eigenvalue weighted by molar-refractivity contribution is 8.13. The normalized spacial score (nSPS) is 14.3. The van der Waals surface area contributed by atoms with Crippen LogP contribution in [0.4, 0.5) is 5.82 Å². The van der Waals surface area contributed by atoms with Crippen molar-refractivity contribution < 1.29 is 19.9 Å². The molecule has 1 rings (SSSR count). The Bertz CT molecular complexity index is 421. The number of H-pyrrole nitrogens is 1. The van der Waals surface area contributed by atoms with Crippen molar-refractivity contribution in [3.8, 4) is 0 Å². The number of rotatable bonds is 5. The monoisotopic (exact) mass is 261 g/mol. The van der Waals surface area contributed by atoms with Gasteiger partial charge in [0, 0.05) is 12.7 Å². The largest absolute Gasteiger partial charge is 0.389 e. The standard InChI is InChI=1S/C8H11N3O5S/c1-4(12)17-3-5(13)7(14)8-9-2-6(10-8)11(15)16/h2,5,7,13-14H,3H2,1H3,(H,9,10). The molecule has 0 aliphatic heterocycles. The molecule has 0 bridgehead atoms. The van der Waals surface area contributed by atoms with Crippen LogP contribution in [0.1, 0.15) is 18.9 Å². The molecule has 0 saturated heterocycles. The van der Waals surface area contributed by atoms with Crippen LogP contribution in [0.3, 0.4) is 0 Å². The van der Waals surface area contributed by atoms with E-state index in [4.69, 9.17) is 0 Å². The second-order valence-electron chi connectivity index (χ2n) is 3.23. The lowest BCUT2D eigenvalue weighted by Gasteiger charge is -2.12. The molecule has 94 valence electrons. The van der Waals surface area contributed by atoms with E-state index in [9.17, 15) is 25.1 Å². The molecule has 0 amide bonds. The SMILES string of the molecule is CC(=O)SCC(O)C(O)c1ncc([N+](=O)[O-])[nH]1. The van der Waals surface area contributed by atoms with Crippen LogP contribution in [0.15, 0.2) is 6.20 Å². The first-order chi connectivity index (χ1) is 7.91. The number of aromatic amines is 1. The molecule has 1 aromatic heterocycles. The van der Waals surface area contributed by atoms with Crippen molar-refractivity contribution in [2.45, 2.75) is 19.1 Å². The summed E-state index contributed by atoms with van der Waals surface area (Å²) in [6.07, 6.45) is -1.67. The molecular weight excluding hydrogens is 250 g/mol. The first-order valence-electron chi connectivity index (χ1n) is 4.60. The number of thioether (sulfide) groups is 1. The molecule has 9 heteroatoms. The van der Waals surface area contributed by atoms with E-state index in [-0.39, 0.29) is 22.5 Å². The quantitative estimate of drug-likeness (QED) is 0.502. The van der Waals surface area contributed by atoms with E-state index in [0.717, 1.165) is 18.0 Å². The van der Waals surface area contributed by atoms with Gasteiger partial charge in [-0.25, -0.2) is 9.97 Å². The highest BCUT2D eigenvalue weighted by Gasteiger charge is 2.25. The lowest BCUT2D eigenvalue weighted by Crippen LogP contribution is -2.22. The maximum atomic E-state index is 10.7. The van der Waals surface area contributed by atoms with E-state index >= 15 is 0 Å². The van der Waals surface area contributed by atoms with Crippen molar-refractivity contribution in [2.75, 3.05) is 5.75 Å². The number of aliphatic hydroxyl groups is 2. The molecule has 1 heterocycles. The molecular formula is C8H11N3O5S. The Morgan fingerprint density at radius 3 is 2.82 bits per heavy atom. The smallest absolute Gasteiger partial charge is 0.340 e. The number of aliphatic hydroxyl groups excluding tert-OH is 2. The lowest BCUT2D eigenvalue weighted by atomic mass is 10.2. The zero-order chi connectivity index (χ0) is 13.0. The Labute approximate surface area is 100 Å². The summed E-state index contributed by atoms with van der Waals surface area (Å²) in [5.74, 6) is -0.482. The van der Waals surface area contributed by atoms with Crippen molar-refractivity contribution in [1.82, 2.24) is 9.97 Å². The van der Waals surface area contributed by atoms with E-state index in [0.29, 0.717) is 0 Å². The van der Waals surface area contributed by atoms with Crippen LogP contribution in [0.5, 0.6) is 0 Å². The van der Waals surface area contributed by atoms with Crippen LogP contribution in [0.2, 0.25) is 0 Å². The number of hydrogen-bond acceptors (Lipinski definition) is 7. The first-order valence-corrected chi connectivity index (χ1v) is 5.59. The molecule has 17 heavy (non-hydrogen) atoms. The topological polar surface area (TPSA) is 129 Å². The maximum absolute atomic E-state index is 10.7. The highest BCUT2D eigenvalue weighted by atomic mass is 32.2. The molecule has 0 fully saturated rings. The zero-order valence-electron chi connectivity index (χ0n) is 8.86. The summed E-state index contributed by atoms with van der Waals surface area (Å²) in [5.41, 5.74) is 0. The molecule has 0 aromatic carbocycles. The van der Waals surface area contributed by atoms with Crippen LogP contribution >= 0.6 is 11.8 Å². The second kappa shape index (κ2) is 5.75. The van der Waals surface area contributed by atoms with E-state index < -0.39 is 17.1 Å². The predicted molar refractivity (Wildman–Crippen MR) is 59.3 cm³/mol. The maximum Gasteiger partial charge on any atom is 0.340 e. The minimum atomic E-state index is -1.39. The van der Waals surface area contributed by atoms with Gasteiger partial charge in [0.15, 0.2) is 11.2 Å². The third-order valence-corrected chi connectivity index (χ3v) is 2.80. The Morgan fingerprint density at radius 1 is 1.71 bits per heavy atom. The van der Waals surface area contributed by atoms with E-state index in [1.807, 2.05) is 0 Å². The van der Waals surface area contributed by atoms with Crippen molar-refractivity contribution in [3.63, 3.8) is 0 Å². The summed E-state index contributed by atoms with van der Waals surface area (Å²) < 4.78 is 0. The van der Waals surface area contributed by atoms with Gasteiger partial charge in [0.1, 0.15) is 6.20 Å². The van der Waals surface area contributed by atoms with E-state index in [1.165, 1.54) is 6.92 Å². The lowest BCUT2D eigenvalue weighted by molar-refractivity contribution is -0.389. The van der Waals surface area contributed by atoms with Crippen molar-refractivity contribution in [1.29, 1.82) is 0 Å². The molecule has 1 aromatic rings. The fraction of sp³-hybridized carbons (Fsp3) is 0.500. The van der Waals surface area contributed by atoms with Gasteiger partial charge in [0.25, 0.3) is 0 Å². The number of hydrogen-bond donors (Lipinski definition) is 3. The molecule has 2 unspecified atom stereocenters. The number of nitrogens with one attached hydrogen (secondary N) is 1. The first kappa shape index (κ1) is 13.6. The molecule has 0 aliphatic rings. The van der Waals surface area contributed by atoms with Gasteiger partial charge >= 0.3 is 5.82 Å².